The number of ether oxygens (including phenoxy) is 2. The molecule has 2 aromatic carbocycles. The standard InChI is InChI=1S/C16H16BrNO2S/c17-12-2-1-3-13(10-12)18-6-9-21-14-4-5-15-16(11-14)20-8-7-19-15/h1-5,10-11,18H,6-9H2. The molecule has 1 aliphatic heterocycles. The molecule has 110 valence electrons. The van der Waals surface area contributed by atoms with E-state index in [2.05, 4.69) is 45.5 Å². The molecule has 0 saturated carbocycles. The molecule has 0 unspecified atom stereocenters. The number of fused-ring (bicyclic) bond motifs is 1. The molecule has 0 spiro atoms. The van der Waals surface area contributed by atoms with E-state index in [1.807, 2.05) is 18.2 Å². The summed E-state index contributed by atoms with van der Waals surface area (Å²) in [7, 11) is 0. The van der Waals surface area contributed by atoms with Gasteiger partial charge < -0.3 is 14.8 Å². The molecule has 0 atom stereocenters. The maximum atomic E-state index is 5.59. The van der Waals surface area contributed by atoms with E-state index in [0.717, 1.165) is 34.0 Å². The normalized spacial score (nSPS) is 13.0. The Hall–Kier alpha value is -1.33. The van der Waals surface area contributed by atoms with Gasteiger partial charge in [-0.2, -0.15) is 0 Å². The van der Waals surface area contributed by atoms with Crippen molar-refractivity contribution in [3.05, 3.63) is 46.9 Å². The van der Waals surface area contributed by atoms with Crippen LogP contribution in [0.2, 0.25) is 0 Å². The van der Waals surface area contributed by atoms with Crippen LogP contribution in [0.1, 0.15) is 0 Å². The fraction of sp³-hybridized carbons (Fsp3) is 0.250. The van der Waals surface area contributed by atoms with Crippen molar-refractivity contribution < 1.29 is 9.47 Å². The molecule has 0 fully saturated rings. The maximum absolute atomic E-state index is 5.59. The predicted molar refractivity (Wildman–Crippen MR) is 90.8 cm³/mol. The number of hydrogen-bond acceptors (Lipinski definition) is 4. The van der Waals surface area contributed by atoms with Crippen molar-refractivity contribution in [1.29, 1.82) is 0 Å². The highest BCUT2D eigenvalue weighted by Crippen LogP contribution is 2.34. The molecule has 0 saturated heterocycles. The molecule has 5 heteroatoms. The summed E-state index contributed by atoms with van der Waals surface area (Å²) in [6, 6.07) is 14.3. The van der Waals surface area contributed by atoms with Gasteiger partial charge in [-0.3, -0.25) is 0 Å². The van der Waals surface area contributed by atoms with Crippen LogP contribution in [0.25, 0.3) is 0 Å². The van der Waals surface area contributed by atoms with E-state index in [4.69, 9.17) is 9.47 Å². The van der Waals surface area contributed by atoms with Crippen LogP contribution in [-0.2, 0) is 0 Å². The minimum atomic E-state index is 0.631. The zero-order chi connectivity index (χ0) is 14.5. The summed E-state index contributed by atoms with van der Waals surface area (Å²) in [6.45, 7) is 2.18. The first kappa shape index (κ1) is 14.6. The maximum Gasteiger partial charge on any atom is 0.162 e. The lowest BCUT2D eigenvalue weighted by atomic mass is 10.3. The molecule has 0 amide bonds. The van der Waals surface area contributed by atoms with Crippen molar-refractivity contribution in [3.8, 4) is 11.5 Å². The van der Waals surface area contributed by atoms with Gasteiger partial charge in [0.05, 0.1) is 0 Å². The van der Waals surface area contributed by atoms with Gasteiger partial charge in [0.2, 0.25) is 0 Å². The average molecular weight is 366 g/mol. The molecule has 1 aliphatic rings. The van der Waals surface area contributed by atoms with E-state index in [-0.39, 0.29) is 0 Å². The van der Waals surface area contributed by atoms with Gasteiger partial charge in [0.15, 0.2) is 11.5 Å². The zero-order valence-corrected chi connectivity index (χ0v) is 13.9. The van der Waals surface area contributed by atoms with Crippen LogP contribution in [0, 0.1) is 0 Å². The third-order valence-corrected chi connectivity index (χ3v) is 4.53. The summed E-state index contributed by atoms with van der Waals surface area (Å²) in [5, 5.41) is 3.41. The molecular formula is C16H16BrNO2S. The molecule has 0 radical (unpaired) electrons. The van der Waals surface area contributed by atoms with E-state index < -0.39 is 0 Å². The van der Waals surface area contributed by atoms with Crippen LogP contribution in [0.4, 0.5) is 5.69 Å². The summed E-state index contributed by atoms with van der Waals surface area (Å²) >= 11 is 5.28. The molecule has 2 aromatic rings. The highest BCUT2D eigenvalue weighted by molar-refractivity contribution is 9.10. The topological polar surface area (TPSA) is 30.5 Å². The molecule has 0 aliphatic carbocycles. The van der Waals surface area contributed by atoms with E-state index >= 15 is 0 Å². The summed E-state index contributed by atoms with van der Waals surface area (Å²) in [6.07, 6.45) is 0. The van der Waals surface area contributed by atoms with Crippen molar-refractivity contribution in [2.75, 3.05) is 30.8 Å². The Morgan fingerprint density at radius 2 is 1.90 bits per heavy atom. The number of thioether (sulfide) groups is 1. The number of benzene rings is 2. The van der Waals surface area contributed by atoms with Crippen molar-refractivity contribution >= 4 is 33.4 Å². The van der Waals surface area contributed by atoms with Crippen molar-refractivity contribution in [1.82, 2.24) is 0 Å². The molecular weight excluding hydrogens is 350 g/mol. The largest absolute Gasteiger partial charge is 0.486 e. The van der Waals surface area contributed by atoms with Gasteiger partial charge in [0, 0.05) is 27.4 Å². The number of anilines is 1. The molecule has 3 nitrogen and oxygen atoms in total. The van der Waals surface area contributed by atoms with Gasteiger partial charge in [-0.25, -0.2) is 0 Å². The molecule has 21 heavy (non-hydrogen) atoms. The fourth-order valence-corrected chi connectivity index (χ4v) is 3.27. The Balaban J connectivity index is 1.49. The van der Waals surface area contributed by atoms with Crippen LogP contribution < -0.4 is 14.8 Å². The van der Waals surface area contributed by atoms with Gasteiger partial charge in [0.1, 0.15) is 13.2 Å². The first-order valence-electron chi connectivity index (χ1n) is 6.83. The minimum Gasteiger partial charge on any atom is -0.486 e. The number of rotatable bonds is 5. The molecule has 3 rings (SSSR count). The minimum absolute atomic E-state index is 0.631. The molecule has 1 N–H and O–H groups in total. The van der Waals surface area contributed by atoms with E-state index in [9.17, 15) is 0 Å². The van der Waals surface area contributed by atoms with Gasteiger partial charge in [-0.05, 0) is 36.4 Å². The second kappa shape index (κ2) is 7.09. The van der Waals surface area contributed by atoms with Crippen LogP contribution in [-0.4, -0.2) is 25.5 Å². The summed E-state index contributed by atoms with van der Waals surface area (Å²) < 4.78 is 12.2. The number of halogens is 1. The Kier molecular flexibility index (Phi) is 4.93. The Bertz CT molecular complexity index is 621. The zero-order valence-electron chi connectivity index (χ0n) is 11.5. The monoisotopic (exact) mass is 365 g/mol. The first-order chi connectivity index (χ1) is 10.3. The lowest BCUT2D eigenvalue weighted by Crippen LogP contribution is -2.15. The van der Waals surface area contributed by atoms with E-state index in [1.54, 1.807) is 11.8 Å². The second-order valence-corrected chi connectivity index (χ2v) is 6.68. The molecule has 1 heterocycles. The van der Waals surface area contributed by atoms with Crippen LogP contribution in [0.3, 0.4) is 0 Å². The Labute approximate surface area is 137 Å². The van der Waals surface area contributed by atoms with Gasteiger partial charge in [0.25, 0.3) is 0 Å². The summed E-state index contributed by atoms with van der Waals surface area (Å²) in [5.74, 6) is 2.69. The van der Waals surface area contributed by atoms with Crippen LogP contribution in [0.15, 0.2) is 51.8 Å². The smallest absolute Gasteiger partial charge is 0.162 e. The lowest BCUT2D eigenvalue weighted by molar-refractivity contribution is 0.171. The Morgan fingerprint density at radius 3 is 2.76 bits per heavy atom. The summed E-state index contributed by atoms with van der Waals surface area (Å²) in [4.78, 5) is 1.20. The highest BCUT2D eigenvalue weighted by Gasteiger charge is 2.11. The first-order valence-corrected chi connectivity index (χ1v) is 8.61. The predicted octanol–water partition coefficient (Wildman–Crippen LogP) is 4.42. The van der Waals surface area contributed by atoms with Crippen molar-refractivity contribution in [3.63, 3.8) is 0 Å². The third kappa shape index (κ3) is 4.08. The lowest BCUT2D eigenvalue weighted by Gasteiger charge is -2.18. The summed E-state index contributed by atoms with van der Waals surface area (Å²) in [5.41, 5.74) is 1.13. The van der Waals surface area contributed by atoms with E-state index in [0.29, 0.717) is 13.2 Å². The van der Waals surface area contributed by atoms with Crippen LogP contribution >= 0.6 is 27.7 Å². The second-order valence-electron chi connectivity index (χ2n) is 4.59. The van der Waals surface area contributed by atoms with E-state index in [1.165, 1.54) is 4.90 Å². The number of hydrogen-bond donors (Lipinski definition) is 1. The van der Waals surface area contributed by atoms with Crippen molar-refractivity contribution in [2.24, 2.45) is 0 Å². The molecule has 0 bridgehead atoms. The molecule has 0 aromatic heterocycles. The van der Waals surface area contributed by atoms with Gasteiger partial charge in [-0.1, -0.05) is 22.0 Å². The quantitative estimate of drug-likeness (QED) is 0.627. The fourth-order valence-electron chi connectivity index (χ4n) is 2.08. The SMILES string of the molecule is Brc1cccc(NCCSc2ccc3c(c2)OCCO3)c1. The third-order valence-electron chi connectivity index (χ3n) is 3.04. The average Bonchev–Trinajstić information content (AvgIpc) is 2.51. The van der Waals surface area contributed by atoms with Crippen molar-refractivity contribution in [2.45, 2.75) is 4.90 Å². The highest BCUT2D eigenvalue weighted by atomic mass is 79.9. The number of nitrogens with one attached hydrogen (secondary N) is 1. The van der Waals surface area contributed by atoms with Gasteiger partial charge >= 0.3 is 0 Å². The Morgan fingerprint density at radius 1 is 1.05 bits per heavy atom. The van der Waals surface area contributed by atoms with Gasteiger partial charge in [-0.15, -0.1) is 11.8 Å². The van der Waals surface area contributed by atoms with Crippen LogP contribution in [0.5, 0.6) is 11.5 Å².